The zero-order valence-corrected chi connectivity index (χ0v) is 12.5. The molecule has 2 aromatic rings. The summed E-state index contributed by atoms with van der Waals surface area (Å²) in [6.45, 7) is 3.69. The first kappa shape index (κ1) is 13.4. The van der Waals surface area contributed by atoms with Crippen molar-refractivity contribution in [2.24, 2.45) is 5.73 Å². The number of anilines is 1. The highest BCUT2D eigenvalue weighted by atomic mass is 16.5. The van der Waals surface area contributed by atoms with Crippen LogP contribution in [0.2, 0.25) is 0 Å². The summed E-state index contributed by atoms with van der Waals surface area (Å²) in [4.78, 5) is 13.0. The Balaban J connectivity index is 2.22. The molecule has 2 aliphatic rings. The van der Waals surface area contributed by atoms with E-state index >= 15 is 0 Å². The van der Waals surface area contributed by atoms with Gasteiger partial charge < -0.3 is 15.8 Å². The average molecular weight is 307 g/mol. The van der Waals surface area contributed by atoms with Gasteiger partial charge in [0.05, 0.1) is 5.56 Å². The summed E-state index contributed by atoms with van der Waals surface area (Å²) in [7, 11) is 0. The first-order valence-corrected chi connectivity index (χ1v) is 7.07. The number of rotatable bonds is 0. The van der Waals surface area contributed by atoms with Crippen LogP contribution in [-0.4, -0.2) is 16.1 Å². The predicted octanol–water partition coefficient (Wildman–Crippen LogP) is 1.35. The third-order valence-electron chi connectivity index (χ3n) is 4.47. The third-order valence-corrected chi connectivity index (χ3v) is 4.47. The largest absolute Gasteiger partial charge is 0.420 e. The topological polar surface area (TPSA) is 117 Å². The van der Waals surface area contributed by atoms with Gasteiger partial charge in [-0.3, -0.25) is 9.89 Å². The van der Waals surface area contributed by atoms with Gasteiger partial charge in [-0.1, -0.05) is 12.1 Å². The van der Waals surface area contributed by atoms with E-state index in [0.717, 1.165) is 11.1 Å². The Morgan fingerprint density at radius 2 is 2.13 bits per heavy atom. The molecule has 1 spiro atoms. The van der Waals surface area contributed by atoms with Gasteiger partial charge in [0.1, 0.15) is 17.1 Å². The number of aryl methyl sites for hydroxylation is 2. The fourth-order valence-corrected chi connectivity index (χ4v) is 3.60. The zero-order chi connectivity index (χ0) is 16.4. The summed E-state index contributed by atoms with van der Waals surface area (Å²) >= 11 is 0. The molecule has 0 saturated heterocycles. The van der Waals surface area contributed by atoms with Crippen LogP contribution in [0.15, 0.2) is 29.7 Å². The lowest BCUT2D eigenvalue weighted by Crippen LogP contribution is -2.43. The van der Waals surface area contributed by atoms with Crippen LogP contribution in [0.25, 0.3) is 0 Å². The number of carbonyl (C=O) groups is 1. The second kappa shape index (κ2) is 4.14. The first-order chi connectivity index (χ1) is 11.0. The smallest absolute Gasteiger partial charge is 0.245 e. The number of H-pyrrole nitrogens is 1. The Morgan fingerprint density at radius 1 is 1.35 bits per heavy atom. The van der Waals surface area contributed by atoms with Crippen molar-refractivity contribution in [3.8, 4) is 11.9 Å². The summed E-state index contributed by atoms with van der Waals surface area (Å²) in [6.07, 6.45) is 0. The average Bonchev–Trinajstić information content (AvgIpc) is 3.00. The van der Waals surface area contributed by atoms with Crippen LogP contribution in [0.3, 0.4) is 0 Å². The molecule has 114 valence electrons. The number of nitrogens with zero attached hydrogens (tertiary/aromatic N) is 2. The summed E-state index contributed by atoms with van der Waals surface area (Å²) in [5, 5.41) is 19.5. The molecule has 1 atom stereocenters. The monoisotopic (exact) mass is 307 g/mol. The number of hydrogen-bond donors (Lipinski definition) is 3. The van der Waals surface area contributed by atoms with Gasteiger partial charge in [0, 0.05) is 16.9 Å². The van der Waals surface area contributed by atoms with Crippen molar-refractivity contribution in [3.05, 3.63) is 52.0 Å². The van der Waals surface area contributed by atoms with Crippen molar-refractivity contribution in [3.63, 3.8) is 0 Å². The highest BCUT2D eigenvalue weighted by molar-refractivity contribution is 6.13. The van der Waals surface area contributed by atoms with Gasteiger partial charge in [-0.25, -0.2) is 0 Å². The van der Waals surface area contributed by atoms with E-state index in [4.69, 9.17) is 10.5 Å². The maximum Gasteiger partial charge on any atom is 0.245 e. The van der Waals surface area contributed by atoms with E-state index in [1.165, 1.54) is 0 Å². The fourth-order valence-electron chi connectivity index (χ4n) is 3.60. The fraction of sp³-hybridized carbons (Fsp3) is 0.188. The van der Waals surface area contributed by atoms with Crippen LogP contribution in [-0.2, 0) is 10.2 Å². The molecule has 1 aromatic heterocycles. The number of aromatic nitrogens is 2. The second-order valence-corrected chi connectivity index (χ2v) is 5.68. The Bertz CT molecular complexity index is 950. The molecule has 0 unspecified atom stereocenters. The minimum absolute atomic E-state index is 0.0834. The van der Waals surface area contributed by atoms with Crippen LogP contribution in [0, 0.1) is 25.2 Å². The van der Waals surface area contributed by atoms with Gasteiger partial charge in [0.15, 0.2) is 0 Å². The molecular weight excluding hydrogens is 294 g/mol. The number of aromatic amines is 1. The van der Waals surface area contributed by atoms with E-state index in [9.17, 15) is 10.1 Å². The van der Waals surface area contributed by atoms with Crippen LogP contribution in [0.5, 0.6) is 5.88 Å². The Labute approximate surface area is 131 Å². The predicted molar refractivity (Wildman–Crippen MR) is 81.4 cm³/mol. The SMILES string of the molecule is Cc1cccc2c1[C@@]1(C(=O)N2)C(C#N)=C(N)Oc2n[nH]c(C)c21. The molecule has 2 aliphatic heterocycles. The standard InChI is InChI=1S/C16H13N5O2/c1-7-4-3-5-10-11(7)16(15(22)19-10)9(6-17)13(18)23-14-12(16)8(2)20-21-14/h3-5H,18H2,1-2H3,(H,19,22)(H,20,21)/t16-/m0/s1. The number of nitrogens with two attached hydrogens (primary N) is 1. The quantitative estimate of drug-likeness (QED) is 0.679. The molecule has 7 heteroatoms. The molecule has 0 fully saturated rings. The molecule has 4 N–H and O–H groups in total. The number of nitriles is 1. The van der Waals surface area contributed by atoms with Crippen molar-refractivity contribution < 1.29 is 9.53 Å². The van der Waals surface area contributed by atoms with Crippen molar-refractivity contribution >= 4 is 11.6 Å². The van der Waals surface area contributed by atoms with Gasteiger partial charge in [-0.2, -0.15) is 5.26 Å². The lowest BCUT2D eigenvalue weighted by molar-refractivity contribution is -0.118. The summed E-state index contributed by atoms with van der Waals surface area (Å²) in [5.41, 5.74) is 8.16. The summed E-state index contributed by atoms with van der Waals surface area (Å²) in [5.74, 6) is -0.196. The van der Waals surface area contributed by atoms with E-state index in [1.807, 2.05) is 25.1 Å². The van der Waals surface area contributed by atoms with Gasteiger partial charge in [-0.05, 0) is 25.5 Å². The molecule has 0 aliphatic carbocycles. The number of fused-ring (bicyclic) bond motifs is 4. The van der Waals surface area contributed by atoms with Crippen LogP contribution in [0.1, 0.15) is 22.4 Å². The zero-order valence-electron chi connectivity index (χ0n) is 12.5. The third kappa shape index (κ3) is 1.38. The molecule has 0 saturated carbocycles. The van der Waals surface area contributed by atoms with Gasteiger partial charge in [0.2, 0.25) is 17.7 Å². The van der Waals surface area contributed by atoms with Crippen LogP contribution >= 0.6 is 0 Å². The van der Waals surface area contributed by atoms with Crippen LogP contribution in [0.4, 0.5) is 5.69 Å². The Hall–Kier alpha value is -3.27. The van der Waals surface area contributed by atoms with Crippen molar-refractivity contribution in [1.29, 1.82) is 5.26 Å². The van der Waals surface area contributed by atoms with E-state index in [1.54, 1.807) is 6.92 Å². The Morgan fingerprint density at radius 3 is 2.87 bits per heavy atom. The minimum Gasteiger partial charge on any atom is -0.420 e. The van der Waals surface area contributed by atoms with Crippen molar-refractivity contribution in [1.82, 2.24) is 10.2 Å². The minimum atomic E-state index is -1.33. The number of carbonyl (C=O) groups excluding carboxylic acids is 1. The molecular formula is C16H13N5O2. The molecule has 1 amide bonds. The highest BCUT2D eigenvalue weighted by Gasteiger charge is 2.58. The molecule has 0 radical (unpaired) electrons. The Kier molecular flexibility index (Phi) is 2.41. The summed E-state index contributed by atoms with van der Waals surface area (Å²) < 4.78 is 5.46. The lowest BCUT2D eigenvalue weighted by atomic mass is 9.68. The second-order valence-electron chi connectivity index (χ2n) is 5.68. The van der Waals surface area contributed by atoms with Crippen molar-refractivity contribution in [2.75, 3.05) is 5.32 Å². The van der Waals surface area contributed by atoms with E-state index < -0.39 is 5.41 Å². The molecule has 4 rings (SSSR count). The molecule has 3 heterocycles. The first-order valence-electron chi connectivity index (χ1n) is 7.07. The van der Waals surface area contributed by atoms with Crippen molar-refractivity contribution in [2.45, 2.75) is 19.3 Å². The normalized spacial score (nSPS) is 21.5. The maximum absolute atomic E-state index is 13.0. The maximum atomic E-state index is 13.0. The van der Waals surface area contributed by atoms with Gasteiger partial charge in [-0.15, -0.1) is 5.10 Å². The molecule has 7 nitrogen and oxygen atoms in total. The number of hydrogen-bond acceptors (Lipinski definition) is 5. The lowest BCUT2D eigenvalue weighted by Gasteiger charge is -2.32. The van der Waals surface area contributed by atoms with Gasteiger partial charge >= 0.3 is 0 Å². The molecule has 0 bridgehead atoms. The van der Waals surface area contributed by atoms with Gasteiger partial charge in [0.25, 0.3) is 0 Å². The van der Waals surface area contributed by atoms with E-state index in [0.29, 0.717) is 16.9 Å². The van der Waals surface area contributed by atoms with Crippen LogP contribution < -0.4 is 15.8 Å². The molecule has 1 aromatic carbocycles. The van der Waals surface area contributed by atoms with E-state index in [2.05, 4.69) is 21.6 Å². The number of benzene rings is 1. The summed E-state index contributed by atoms with van der Waals surface area (Å²) in [6, 6.07) is 7.64. The van der Waals surface area contributed by atoms with E-state index in [-0.39, 0.29) is 23.2 Å². The number of ether oxygens (including phenoxy) is 1. The molecule has 23 heavy (non-hydrogen) atoms. The number of amides is 1. The highest BCUT2D eigenvalue weighted by Crippen LogP contribution is 2.54. The number of nitrogens with one attached hydrogen (secondary N) is 2.